The topological polar surface area (TPSA) is 32.3 Å². The highest BCUT2D eigenvalue weighted by molar-refractivity contribution is 5.82. The number of carbonyl (C=O) groups excluding carboxylic acids is 1. The van der Waals surface area contributed by atoms with Gasteiger partial charge in [-0.05, 0) is 32.7 Å². The van der Waals surface area contributed by atoms with Crippen LogP contribution >= 0.6 is 0 Å². The molecule has 0 spiro atoms. The molecule has 1 rings (SSSR count). The van der Waals surface area contributed by atoms with E-state index in [9.17, 15) is 4.79 Å². The molecule has 1 aliphatic heterocycles. The molecule has 1 unspecified atom stereocenters. The number of hydrogen-bond acceptors (Lipinski definition) is 2. The normalized spacial score (nSPS) is 23.5. The number of carbonyl (C=O) groups is 1. The van der Waals surface area contributed by atoms with Crippen LogP contribution in [0.15, 0.2) is 0 Å². The highest BCUT2D eigenvalue weighted by Gasteiger charge is 2.25. The van der Waals surface area contributed by atoms with Gasteiger partial charge >= 0.3 is 0 Å². The Kier molecular flexibility index (Phi) is 5.09. The number of hydrogen-bond donors (Lipinski definition) is 1. The summed E-state index contributed by atoms with van der Waals surface area (Å²) in [6, 6.07) is 0.439. The van der Waals surface area contributed by atoms with Gasteiger partial charge in [0.05, 0.1) is 6.04 Å². The molecule has 0 bridgehead atoms. The van der Waals surface area contributed by atoms with E-state index in [-0.39, 0.29) is 11.9 Å². The molecule has 88 valence electrons. The first-order valence-corrected chi connectivity index (χ1v) is 6.17. The molecule has 2 atom stereocenters. The molecule has 0 aromatic heterocycles. The molecule has 3 heteroatoms. The number of rotatable bonds is 4. The molecular formula is C12H24N2O. The van der Waals surface area contributed by atoms with Gasteiger partial charge in [0.15, 0.2) is 0 Å². The van der Waals surface area contributed by atoms with Crippen molar-refractivity contribution >= 4 is 5.91 Å². The van der Waals surface area contributed by atoms with Crippen molar-refractivity contribution in [3.8, 4) is 0 Å². The molecule has 1 aliphatic rings. The van der Waals surface area contributed by atoms with Gasteiger partial charge in [0.2, 0.25) is 5.91 Å². The molecule has 15 heavy (non-hydrogen) atoms. The summed E-state index contributed by atoms with van der Waals surface area (Å²) in [5, 5.41) is 3.31. The molecular weight excluding hydrogens is 188 g/mol. The maximum Gasteiger partial charge on any atom is 0.239 e. The highest BCUT2D eigenvalue weighted by atomic mass is 16.2. The van der Waals surface area contributed by atoms with Gasteiger partial charge in [-0.15, -0.1) is 0 Å². The van der Waals surface area contributed by atoms with Crippen molar-refractivity contribution in [1.82, 2.24) is 10.2 Å². The molecule has 1 fully saturated rings. The minimum absolute atomic E-state index is 0.0723. The Bertz CT molecular complexity index is 200. The van der Waals surface area contributed by atoms with E-state index in [2.05, 4.69) is 19.2 Å². The van der Waals surface area contributed by atoms with Gasteiger partial charge in [0, 0.05) is 13.1 Å². The van der Waals surface area contributed by atoms with Crippen LogP contribution in [0.4, 0.5) is 0 Å². The van der Waals surface area contributed by atoms with E-state index in [4.69, 9.17) is 0 Å². The summed E-state index contributed by atoms with van der Waals surface area (Å²) in [5.74, 6) is 0.274. The second-order valence-corrected chi connectivity index (χ2v) is 4.59. The summed E-state index contributed by atoms with van der Waals surface area (Å²) in [7, 11) is 1.93. The first-order chi connectivity index (χ1) is 7.16. The van der Waals surface area contributed by atoms with Crippen molar-refractivity contribution in [2.24, 2.45) is 0 Å². The predicted octanol–water partition coefficient (Wildman–Crippen LogP) is 1.78. The summed E-state index contributed by atoms with van der Waals surface area (Å²) >= 11 is 0. The lowest BCUT2D eigenvalue weighted by Crippen LogP contribution is -2.49. The minimum atomic E-state index is 0.0723. The summed E-state index contributed by atoms with van der Waals surface area (Å²) in [5.41, 5.74) is 0. The number of nitrogens with one attached hydrogen (secondary N) is 1. The summed E-state index contributed by atoms with van der Waals surface area (Å²) in [6.45, 7) is 5.28. The molecule has 1 N–H and O–H groups in total. The first-order valence-electron chi connectivity index (χ1n) is 6.17. The van der Waals surface area contributed by atoms with Crippen LogP contribution in [0.1, 0.15) is 46.0 Å². The summed E-state index contributed by atoms with van der Waals surface area (Å²) in [4.78, 5) is 14.0. The van der Waals surface area contributed by atoms with Crippen LogP contribution in [0.2, 0.25) is 0 Å². The molecule has 1 heterocycles. The van der Waals surface area contributed by atoms with Gasteiger partial charge in [0.1, 0.15) is 0 Å². The number of likely N-dealkylation sites (N-methyl/N-ethyl adjacent to an activating group) is 1. The maximum absolute atomic E-state index is 12.1. The quantitative estimate of drug-likeness (QED) is 0.770. The summed E-state index contributed by atoms with van der Waals surface area (Å²) in [6.07, 6.45) is 5.62. The van der Waals surface area contributed by atoms with Crippen LogP contribution in [0.3, 0.4) is 0 Å². The van der Waals surface area contributed by atoms with Crippen LogP contribution in [0, 0.1) is 0 Å². The van der Waals surface area contributed by atoms with Gasteiger partial charge in [0.25, 0.3) is 0 Å². The van der Waals surface area contributed by atoms with Crippen molar-refractivity contribution in [3.63, 3.8) is 0 Å². The second-order valence-electron chi connectivity index (χ2n) is 4.59. The third-order valence-corrected chi connectivity index (χ3v) is 3.32. The van der Waals surface area contributed by atoms with Crippen LogP contribution in [-0.4, -0.2) is 36.5 Å². The minimum Gasteiger partial charge on any atom is -0.342 e. The zero-order valence-corrected chi connectivity index (χ0v) is 10.3. The Morgan fingerprint density at radius 1 is 1.53 bits per heavy atom. The van der Waals surface area contributed by atoms with Crippen LogP contribution in [0.5, 0.6) is 0 Å². The van der Waals surface area contributed by atoms with E-state index in [0.29, 0.717) is 6.04 Å². The summed E-state index contributed by atoms with van der Waals surface area (Å²) < 4.78 is 0. The molecule has 0 radical (unpaired) electrons. The fourth-order valence-corrected chi connectivity index (χ4v) is 2.14. The van der Waals surface area contributed by atoms with E-state index in [0.717, 1.165) is 25.8 Å². The monoisotopic (exact) mass is 212 g/mol. The van der Waals surface area contributed by atoms with E-state index in [1.807, 2.05) is 11.9 Å². The third-order valence-electron chi connectivity index (χ3n) is 3.32. The average Bonchev–Trinajstić information content (AvgIpc) is 2.28. The lowest BCUT2D eigenvalue weighted by atomic mass is 10.0. The van der Waals surface area contributed by atoms with Crippen molar-refractivity contribution < 1.29 is 4.79 Å². The maximum atomic E-state index is 12.1. The van der Waals surface area contributed by atoms with E-state index in [1.165, 1.54) is 12.8 Å². The van der Waals surface area contributed by atoms with Gasteiger partial charge < -0.3 is 10.2 Å². The van der Waals surface area contributed by atoms with E-state index >= 15 is 0 Å². The number of piperidine rings is 1. The Balaban J connectivity index is 2.43. The highest BCUT2D eigenvalue weighted by Crippen LogP contribution is 2.12. The molecule has 0 aliphatic carbocycles. The van der Waals surface area contributed by atoms with Crippen molar-refractivity contribution in [3.05, 3.63) is 0 Å². The van der Waals surface area contributed by atoms with Crippen LogP contribution in [-0.2, 0) is 4.79 Å². The Morgan fingerprint density at radius 2 is 2.27 bits per heavy atom. The Hall–Kier alpha value is -0.570. The lowest BCUT2D eigenvalue weighted by Gasteiger charge is -2.31. The Morgan fingerprint density at radius 3 is 2.80 bits per heavy atom. The number of nitrogens with zero attached hydrogens (tertiary/aromatic N) is 1. The fraction of sp³-hybridized carbons (Fsp3) is 0.917. The fourth-order valence-electron chi connectivity index (χ4n) is 2.14. The van der Waals surface area contributed by atoms with E-state index < -0.39 is 0 Å². The zero-order valence-electron chi connectivity index (χ0n) is 10.3. The Labute approximate surface area is 93.2 Å². The van der Waals surface area contributed by atoms with Gasteiger partial charge in [-0.3, -0.25) is 4.79 Å². The van der Waals surface area contributed by atoms with E-state index in [1.54, 1.807) is 0 Å². The average molecular weight is 212 g/mol. The second kappa shape index (κ2) is 6.11. The van der Waals surface area contributed by atoms with Crippen molar-refractivity contribution in [1.29, 1.82) is 0 Å². The zero-order chi connectivity index (χ0) is 11.3. The first kappa shape index (κ1) is 12.5. The molecule has 0 aromatic carbocycles. The number of amides is 1. The van der Waals surface area contributed by atoms with Gasteiger partial charge in [-0.2, -0.15) is 0 Å². The predicted molar refractivity (Wildman–Crippen MR) is 62.8 cm³/mol. The van der Waals surface area contributed by atoms with Gasteiger partial charge in [-0.25, -0.2) is 0 Å². The van der Waals surface area contributed by atoms with Crippen LogP contribution < -0.4 is 5.32 Å². The molecule has 3 nitrogen and oxygen atoms in total. The lowest BCUT2D eigenvalue weighted by molar-refractivity contribution is -0.134. The van der Waals surface area contributed by atoms with Gasteiger partial charge in [-0.1, -0.05) is 19.8 Å². The van der Waals surface area contributed by atoms with Crippen LogP contribution in [0.25, 0.3) is 0 Å². The largest absolute Gasteiger partial charge is 0.342 e. The molecule has 0 saturated carbocycles. The third kappa shape index (κ3) is 3.49. The van der Waals surface area contributed by atoms with Crippen molar-refractivity contribution in [2.45, 2.75) is 58.0 Å². The molecule has 1 amide bonds. The smallest absolute Gasteiger partial charge is 0.239 e. The standard InChI is InChI=1S/C12H24N2O/c1-4-7-10(2)14(3)12(15)11-8-5-6-9-13-11/h10-11,13H,4-9H2,1-3H3/t10?,11-/m0/s1. The molecule has 0 aromatic rings. The molecule has 1 saturated heterocycles. The SMILES string of the molecule is CCCC(C)N(C)C(=O)[C@@H]1CCCCN1. The van der Waals surface area contributed by atoms with Crippen molar-refractivity contribution in [2.75, 3.05) is 13.6 Å².